The SMILES string of the molecule is Cc1cc(Br)c(NCCC(C)(C)O)cc1Cl. The molecule has 0 heterocycles. The Morgan fingerprint density at radius 3 is 2.62 bits per heavy atom. The van der Waals surface area contributed by atoms with Crippen LogP contribution < -0.4 is 5.32 Å². The van der Waals surface area contributed by atoms with E-state index in [4.69, 9.17) is 11.6 Å². The van der Waals surface area contributed by atoms with E-state index >= 15 is 0 Å². The van der Waals surface area contributed by atoms with Crippen LogP contribution in [0.5, 0.6) is 0 Å². The van der Waals surface area contributed by atoms with Gasteiger partial charge in [0, 0.05) is 21.7 Å². The van der Waals surface area contributed by atoms with Crippen LogP contribution in [0.25, 0.3) is 0 Å². The van der Waals surface area contributed by atoms with Crippen LogP contribution in [0.15, 0.2) is 16.6 Å². The van der Waals surface area contributed by atoms with Crippen LogP contribution in [0, 0.1) is 6.92 Å². The summed E-state index contributed by atoms with van der Waals surface area (Å²) in [6.07, 6.45) is 0.685. The molecule has 2 N–H and O–H groups in total. The minimum atomic E-state index is -0.645. The smallest absolute Gasteiger partial charge is 0.0608 e. The first-order chi connectivity index (χ1) is 7.29. The normalized spacial score (nSPS) is 11.6. The Balaban J connectivity index is 2.64. The maximum atomic E-state index is 9.59. The summed E-state index contributed by atoms with van der Waals surface area (Å²) < 4.78 is 0.991. The minimum absolute atomic E-state index is 0.645. The fourth-order valence-electron chi connectivity index (χ4n) is 1.28. The molecular weight excluding hydrogens is 289 g/mol. The first kappa shape index (κ1) is 13.8. The standard InChI is InChI=1S/C12H17BrClNO/c1-8-6-9(13)11(7-10(8)14)15-5-4-12(2,3)16/h6-7,15-16H,4-5H2,1-3H3. The molecule has 0 radical (unpaired) electrons. The fourth-order valence-corrected chi connectivity index (χ4v) is 2.05. The Hall–Kier alpha value is -0.250. The predicted octanol–water partition coefficient (Wildman–Crippen LogP) is 3.98. The zero-order valence-corrected chi connectivity index (χ0v) is 12.1. The summed E-state index contributed by atoms with van der Waals surface area (Å²) in [6.45, 7) is 6.27. The van der Waals surface area contributed by atoms with Crippen molar-refractivity contribution in [2.75, 3.05) is 11.9 Å². The lowest BCUT2D eigenvalue weighted by atomic mass is 10.1. The van der Waals surface area contributed by atoms with Crippen molar-refractivity contribution in [1.29, 1.82) is 0 Å². The van der Waals surface area contributed by atoms with Crippen LogP contribution in [-0.4, -0.2) is 17.3 Å². The Bertz CT molecular complexity index is 374. The van der Waals surface area contributed by atoms with Gasteiger partial charge in [-0.15, -0.1) is 0 Å². The summed E-state index contributed by atoms with van der Waals surface area (Å²) in [7, 11) is 0. The first-order valence-corrected chi connectivity index (χ1v) is 6.38. The van der Waals surface area contributed by atoms with Crippen LogP contribution >= 0.6 is 27.5 Å². The monoisotopic (exact) mass is 305 g/mol. The lowest BCUT2D eigenvalue weighted by Crippen LogP contribution is -2.22. The van der Waals surface area contributed by atoms with Gasteiger partial charge >= 0.3 is 0 Å². The van der Waals surface area contributed by atoms with E-state index in [2.05, 4.69) is 21.2 Å². The lowest BCUT2D eigenvalue weighted by molar-refractivity contribution is 0.0749. The molecule has 0 aliphatic rings. The molecule has 0 amide bonds. The summed E-state index contributed by atoms with van der Waals surface area (Å²) in [5.74, 6) is 0. The van der Waals surface area contributed by atoms with E-state index in [0.29, 0.717) is 13.0 Å². The molecule has 0 aromatic heterocycles. The van der Waals surface area contributed by atoms with Crippen molar-refractivity contribution in [3.63, 3.8) is 0 Å². The van der Waals surface area contributed by atoms with Crippen LogP contribution in [0.4, 0.5) is 5.69 Å². The molecule has 1 aromatic carbocycles. The van der Waals surface area contributed by atoms with E-state index in [-0.39, 0.29) is 0 Å². The Morgan fingerprint density at radius 2 is 2.06 bits per heavy atom. The molecule has 0 fully saturated rings. The number of halogens is 2. The summed E-state index contributed by atoms with van der Waals surface area (Å²) in [6, 6.07) is 3.88. The third-order valence-electron chi connectivity index (χ3n) is 2.30. The number of hydrogen-bond acceptors (Lipinski definition) is 2. The van der Waals surface area contributed by atoms with Gasteiger partial charge in [0.25, 0.3) is 0 Å². The molecular formula is C12H17BrClNO. The molecule has 0 aliphatic heterocycles. The van der Waals surface area contributed by atoms with Gasteiger partial charge in [0.15, 0.2) is 0 Å². The molecule has 90 valence electrons. The fraction of sp³-hybridized carbons (Fsp3) is 0.500. The Labute approximate surface area is 110 Å². The quantitative estimate of drug-likeness (QED) is 0.882. The second-order valence-corrected chi connectivity index (χ2v) is 5.83. The Morgan fingerprint density at radius 1 is 1.44 bits per heavy atom. The maximum absolute atomic E-state index is 9.59. The number of aliphatic hydroxyl groups is 1. The van der Waals surface area contributed by atoms with Crippen molar-refractivity contribution in [3.8, 4) is 0 Å². The second-order valence-electron chi connectivity index (χ2n) is 4.57. The van der Waals surface area contributed by atoms with Gasteiger partial charge in [-0.3, -0.25) is 0 Å². The van der Waals surface area contributed by atoms with Gasteiger partial charge < -0.3 is 10.4 Å². The van der Waals surface area contributed by atoms with E-state index in [1.54, 1.807) is 13.8 Å². The first-order valence-electron chi connectivity index (χ1n) is 5.21. The molecule has 16 heavy (non-hydrogen) atoms. The Kier molecular flexibility index (Phi) is 4.65. The molecule has 0 spiro atoms. The van der Waals surface area contributed by atoms with E-state index in [1.165, 1.54) is 0 Å². The van der Waals surface area contributed by atoms with Gasteiger partial charge in [0.1, 0.15) is 0 Å². The van der Waals surface area contributed by atoms with Crippen LogP contribution in [0.2, 0.25) is 5.02 Å². The van der Waals surface area contributed by atoms with Gasteiger partial charge in [-0.1, -0.05) is 11.6 Å². The summed E-state index contributed by atoms with van der Waals surface area (Å²) in [5.41, 5.74) is 1.36. The van der Waals surface area contributed by atoms with Crippen molar-refractivity contribution in [1.82, 2.24) is 0 Å². The zero-order chi connectivity index (χ0) is 12.3. The molecule has 0 bridgehead atoms. The van der Waals surface area contributed by atoms with E-state index in [0.717, 1.165) is 20.7 Å². The van der Waals surface area contributed by atoms with E-state index in [1.807, 2.05) is 19.1 Å². The number of aryl methyl sites for hydroxylation is 1. The molecule has 1 aromatic rings. The summed E-state index contributed by atoms with van der Waals surface area (Å²) >= 11 is 9.52. The van der Waals surface area contributed by atoms with Gasteiger partial charge in [-0.25, -0.2) is 0 Å². The second kappa shape index (κ2) is 5.39. The molecule has 0 saturated heterocycles. The number of hydrogen-bond donors (Lipinski definition) is 2. The van der Waals surface area contributed by atoms with Crippen LogP contribution in [0.1, 0.15) is 25.8 Å². The summed E-state index contributed by atoms with van der Waals surface area (Å²) in [4.78, 5) is 0. The molecule has 0 unspecified atom stereocenters. The highest BCUT2D eigenvalue weighted by Crippen LogP contribution is 2.29. The molecule has 1 rings (SSSR count). The van der Waals surface area contributed by atoms with Crippen molar-refractivity contribution >= 4 is 33.2 Å². The van der Waals surface area contributed by atoms with Crippen LogP contribution in [-0.2, 0) is 0 Å². The third-order valence-corrected chi connectivity index (χ3v) is 3.36. The molecule has 4 heteroatoms. The third kappa shape index (κ3) is 4.32. The molecule has 0 saturated carbocycles. The minimum Gasteiger partial charge on any atom is -0.390 e. The highest BCUT2D eigenvalue weighted by molar-refractivity contribution is 9.10. The van der Waals surface area contributed by atoms with Gasteiger partial charge in [0.2, 0.25) is 0 Å². The topological polar surface area (TPSA) is 32.3 Å². The number of benzene rings is 1. The van der Waals surface area contributed by atoms with Crippen molar-refractivity contribution in [2.45, 2.75) is 32.8 Å². The van der Waals surface area contributed by atoms with E-state index < -0.39 is 5.60 Å². The molecule has 2 nitrogen and oxygen atoms in total. The van der Waals surface area contributed by atoms with Gasteiger partial charge in [-0.2, -0.15) is 0 Å². The highest BCUT2D eigenvalue weighted by Gasteiger charge is 2.12. The predicted molar refractivity (Wildman–Crippen MR) is 73.3 cm³/mol. The summed E-state index contributed by atoms with van der Waals surface area (Å²) in [5, 5.41) is 13.6. The average Bonchev–Trinajstić information content (AvgIpc) is 2.11. The van der Waals surface area contributed by atoms with Crippen LogP contribution in [0.3, 0.4) is 0 Å². The van der Waals surface area contributed by atoms with Crippen molar-refractivity contribution in [3.05, 3.63) is 27.2 Å². The highest BCUT2D eigenvalue weighted by atomic mass is 79.9. The van der Waals surface area contributed by atoms with Crippen molar-refractivity contribution < 1.29 is 5.11 Å². The number of nitrogens with one attached hydrogen (secondary N) is 1. The van der Waals surface area contributed by atoms with Crippen molar-refractivity contribution in [2.24, 2.45) is 0 Å². The number of anilines is 1. The maximum Gasteiger partial charge on any atom is 0.0608 e. The molecule has 0 atom stereocenters. The number of rotatable bonds is 4. The van der Waals surface area contributed by atoms with E-state index in [9.17, 15) is 5.11 Å². The largest absolute Gasteiger partial charge is 0.390 e. The molecule has 0 aliphatic carbocycles. The van der Waals surface area contributed by atoms with Gasteiger partial charge in [0.05, 0.1) is 5.60 Å². The average molecular weight is 307 g/mol. The lowest BCUT2D eigenvalue weighted by Gasteiger charge is -2.18. The zero-order valence-electron chi connectivity index (χ0n) is 9.77. The van der Waals surface area contributed by atoms with Gasteiger partial charge in [-0.05, 0) is 60.8 Å².